The van der Waals surface area contributed by atoms with Crippen LogP contribution >= 0.6 is 11.8 Å². The van der Waals surface area contributed by atoms with Crippen molar-refractivity contribution < 1.29 is 14.3 Å². The number of benzene rings is 3. The third-order valence-electron chi connectivity index (χ3n) is 5.31. The molecule has 156 valence electrons. The maximum absolute atomic E-state index is 12.8. The van der Waals surface area contributed by atoms with Gasteiger partial charge in [0.2, 0.25) is 0 Å². The van der Waals surface area contributed by atoms with Gasteiger partial charge in [-0.2, -0.15) is 0 Å². The molecule has 1 aliphatic rings. The monoisotopic (exact) mass is 429 g/mol. The summed E-state index contributed by atoms with van der Waals surface area (Å²) in [5.74, 6) is -0.398. The molecule has 4 nitrogen and oxygen atoms in total. The first-order valence-electron chi connectivity index (χ1n) is 10.0. The second-order valence-corrected chi connectivity index (χ2v) is 8.27. The minimum absolute atomic E-state index is 0.0274. The van der Waals surface area contributed by atoms with E-state index in [1.54, 1.807) is 29.8 Å². The van der Waals surface area contributed by atoms with Crippen molar-refractivity contribution in [3.63, 3.8) is 0 Å². The normalized spacial score (nSPS) is 14.5. The maximum atomic E-state index is 12.8. The van der Waals surface area contributed by atoms with E-state index in [2.05, 4.69) is 0 Å². The predicted molar refractivity (Wildman–Crippen MR) is 125 cm³/mol. The van der Waals surface area contributed by atoms with E-state index >= 15 is 0 Å². The summed E-state index contributed by atoms with van der Waals surface area (Å²) in [5.41, 5.74) is 4.86. The highest BCUT2D eigenvalue weighted by molar-refractivity contribution is 7.98. The van der Waals surface area contributed by atoms with Crippen LogP contribution in [-0.4, -0.2) is 25.2 Å². The van der Waals surface area contributed by atoms with Crippen molar-refractivity contribution in [1.82, 2.24) is 0 Å². The van der Waals surface area contributed by atoms with E-state index < -0.39 is 0 Å². The Balaban J connectivity index is 1.52. The molecule has 0 aromatic heterocycles. The molecule has 0 fully saturated rings. The van der Waals surface area contributed by atoms with Crippen LogP contribution < -0.4 is 4.90 Å². The van der Waals surface area contributed by atoms with Gasteiger partial charge in [-0.25, -0.2) is 4.79 Å². The SMILES string of the molecule is CSc1ccc(COC(=O)c2ccc3c(c2)CC(=Cc2ccccc2)C(=O)N3C)cc1. The summed E-state index contributed by atoms with van der Waals surface area (Å²) in [7, 11) is 1.76. The Hall–Kier alpha value is -3.31. The Morgan fingerprint density at radius 2 is 1.81 bits per heavy atom. The number of thioether (sulfide) groups is 1. The summed E-state index contributed by atoms with van der Waals surface area (Å²) in [6.45, 7) is 0.224. The maximum Gasteiger partial charge on any atom is 0.338 e. The average molecular weight is 430 g/mol. The number of amides is 1. The van der Waals surface area contributed by atoms with Gasteiger partial charge in [0, 0.05) is 29.6 Å². The van der Waals surface area contributed by atoms with Crippen molar-refractivity contribution in [3.05, 3.63) is 101 Å². The van der Waals surface area contributed by atoms with E-state index in [9.17, 15) is 9.59 Å². The van der Waals surface area contributed by atoms with Crippen LogP contribution in [0, 0.1) is 0 Å². The smallest absolute Gasteiger partial charge is 0.338 e. The van der Waals surface area contributed by atoms with E-state index in [0.29, 0.717) is 17.6 Å². The Labute approximate surface area is 186 Å². The van der Waals surface area contributed by atoms with Gasteiger partial charge in [0.1, 0.15) is 6.61 Å². The van der Waals surface area contributed by atoms with Gasteiger partial charge in [-0.1, -0.05) is 42.5 Å². The van der Waals surface area contributed by atoms with Crippen molar-refractivity contribution in [1.29, 1.82) is 0 Å². The molecule has 1 heterocycles. The van der Waals surface area contributed by atoms with Gasteiger partial charge >= 0.3 is 5.97 Å². The summed E-state index contributed by atoms with van der Waals surface area (Å²) in [5, 5.41) is 0. The lowest BCUT2D eigenvalue weighted by atomic mass is 9.94. The number of carbonyl (C=O) groups is 2. The summed E-state index contributed by atoms with van der Waals surface area (Å²) in [6, 6.07) is 23.1. The summed E-state index contributed by atoms with van der Waals surface area (Å²) < 4.78 is 5.51. The van der Waals surface area contributed by atoms with Gasteiger partial charge in [0.15, 0.2) is 0 Å². The number of likely N-dealkylation sites (N-methyl/N-ethyl adjacent to an activating group) is 1. The number of hydrogen-bond donors (Lipinski definition) is 0. The van der Waals surface area contributed by atoms with Gasteiger partial charge in [-0.15, -0.1) is 11.8 Å². The van der Waals surface area contributed by atoms with Gasteiger partial charge in [-0.3, -0.25) is 4.79 Å². The van der Waals surface area contributed by atoms with E-state index in [1.807, 2.05) is 79.1 Å². The Kier molecular flexibility index (Phi) is 6.23. The highest BCUT2D eigenvalue weighted by Crippen LogP contribution is 2.31. The van der Waals surface area contributed by atoms with E-state index in [-0.39, 0.29) is 18.5 Å². The molecular formula is C26H23NO3S. The number of nitrogens with zero attached hydrogens (tertiary/aromatic N) is 1. The lowest BCUT2D eigenvalue weighted by Gasteiger charge is -2.28. The lowest BCUT2D eigenvalue weighted by Crippen LogP contribution is -2.33. The van der Waals surface area contributed by atoms with Crippen molar-refractivity contribution in [2.75, 3.05) is 18.2 Å². The zero-order valence-corrected chi connectivity index (χ0v) is 18.3. The highest BCUT2D eigenvalue weighted by Gasteiger charge is 2.26. The topological polar surface area (TPSA) is 46.6 Å². The number of rotatable bonds is 5. The fourth-order valence-electron chi connectivity index (χ4n) is 3.60. The van der Waals surface area contributed by atoms with Gasteiger partial charge in [0.25, 0.3) is 5.91 Å². The molecule has 0 saturated carbocycles. The fraction of sp³-hybridized carbons (Fsp3) is 0.154. The number of fused-ring (bicyclic) bond motifs is 1. The number of esters is 1. The first kappa shape index (κ1) is 20.9. The van der Waals surface area contributed by atoms with E-state index in [1.165, 1.54) is 4.90 Å². The van der Waals surface area contributed by atoms with Crippen LogP contribution in [0.5, 0.6) is 0 Å². The fourth-order valence-corrected chi connectivity index (χ4v) is 4.01. The average Bonchev–Trinajstić information content (AvgIpc) is 2.81. The zero-order chi connectivity index (χ0) is 21.8. The molecular weight excluding hydrogens is 406 g/mol. The molecule has 0 aliphatic carbocycles. The minimum Gasteiger partial charge on any atom is -0.457 e. The van der Waals surface area contributed by atoms with E-state index in [0.717, 1.165) is 22.4 Å². The molecule has 0 N–H and O–H groups in total. The van der Waals surface area contributed by atoms with Crippen LogP contribution in [0.25, 0.3) is 6.08 Å². The molecule has 3 aromatic rings. The van der Waals surface area contributed by atoms with Crippen LogP contribution in [0.2, 0.25) is 0 Å². The van der Waals surface area contributed by atoms with Crippen LogP contribution in [0.3, 0.4) is 0 Å². The first-order valence-corrected chi connectivity index (χ1v) is 11.2. The summed E-state index contributed by atoms with van der Waals surface area (Å²) in [6.07, 6.45) is 4.41. The standard InChI is InChI=1S/C26H23NO3S/c1-27-24-13-10-20(26(29)30-17-19-8-11-23(31-2)12-9-19)15-21(24)16-22(25(27)28)14-18-6-4-3-5-7-18/h3-15H,16-17H2,1-2H3. The Morgan fingerprint density at radius 1 is 1.06 bits per heavy atom. The molecule has 0 saturated heterocycles. The van der Waals surface area contributed by atoms with Crippen molar-refractivity contribution in [3.8, 4) is 0 Å². The molecule has 1 aliphatic heterocycles. The second kappa shape index (κ2) is 9.23. The molecule has 0 unspecified atom stereocenters. The van der Waals surface area contributed by atoms with Crippen molar-refractivity contribution in [2.45, 2.75) is 17.9 Å². The third kappa shape index (κ3) is 4.72. The lowest BCUT2D eigenvalue weighted by molar-refractivity contribution is -0.115. The zero-order valence-electron chi connectivity index (χ0n) is 17.5. The van der Waals surface area contributed by atoms with Crippen LogP contribution in [0.4, 0.5) is 5.69 Å². The van der Waals surface area contributed by atoms with Crippen LogP contribution in [-0.2, 0) is 22.6 Å². The molecule has 4 rings (SSSR count). The molecule has 0 bridgehead atoms. The minimum atomic E-state index is -0.370. The van der Waals surface area contributed by atoms with Crippen molar-refractivity contribution in [2.24, 2.45) is 0 Å². The number of anilines is 1. The van der Waals surface area contributed by atoms with E-state index in [4.69, 9.17) is 4.74 Å². The third-order valence-corrected chi connectivity index (χ3v) is 6.05. The van der Waals surface area contributed by atoms with Gasteiger partial charge in [-0.05, 0) is 59.4 Å². The van der Waals surface area contributed by atoms with Crippen LogP contribution in [0.1, 0.15) is 27.0 Å². The molecule has 0 atom stereocenters. The largest absolute Gasteiger partial charge is 0.457 e. The van der Waals surface area contributed by atoms with Crippen LogP contribution in [0.15, 0.2) is 83.3 Å². The quantitative estimate of drug-likeness (QED) is 0.311. The first-order chi connectivity index (χ1) is 15.0. The number of hydrogen-bond acceptors (Lipinski definition) is 4. The molecule has 0 radical (unpaired) electrons. The predicted octanol–water partition coefficient (Wildman–Crippen LogP) is 5.37. The molecule has 31 heavy (non-hydrogen) atoms. The summed E-state index contributed by atoms with van der Waals surface area (Å²) in [4.78, 5) is 28.2. The molecule has 0 spiro atoms. The Morgan fingerprint density at radius 3 is 2.52 bits per heavy atom. The Bertz CT molecular complexity index is 1140. The second-order valence-electron chi connectivity index (χ2n) is 7.39. The highest BCUT2D eigenvalue weighted by atomic mass is 32.2. The molecule has 3 aromatic carbocycles. The van der Waals surface area contributed by atoms with Crippen molar-refractivity contribution >= 4 is 35.4 Å². The summed E-state index contributed by atoms with van der Waals surface area (Å²) >= 11 is 1.67. The molecule has 5 heteroatoms. The molecule has 1 amide bonds. The number of ether oxygens (including phenoxy) is 1. The number of carbonyl (C=O) groups excluding carboxylic acids is 2. The van der Waals surface area contributed by atoms with Gasteiger partial charge < -0.3 is 9.64 Å². The van der Waals surface area contributed by atoms with Gasteiger partial charge in [0.05, 0.1) is 5.56 Å².